The maximum absolute atomic E-state index is 12.5. The van der Waals surface area contributed by atoms with Gasteiger partial charge in [0, 0.05) is 45.2 Å². The summed E-state index contributed by atoms with van der Waals surface area (Å²) in [4.78, 5) is 28.2. The van der Waals surface area contributed by atoms with Crippen molar-refractivity contribution in [2.45, 2.75) is 6.54 Å². The molecule has 2 fully saturated rings. The highest BCUT2D eigenvalue weighted by atomic mass is 16.5. The molecule has 1 aromatic rings. The zero-order chi connectivity index (χ0) is 18.7. The van der Waals surface area contributed by atoms with Gasteiger partial charge in [-0.25, -0.2) is 4.79 Å². The molecule has 26 heavy (non-hydrogen) atoms. The van der Waals surface area contributed by atoms with Crippen LogP contribution in [0.15, 0.2) is 36.9 Å². The summed E-state index contributed by atoms with van der Waals surface area (Å²) in [6, 6.07) is 7.25. The summed E-state index contributed by atoms with van der Waals surface area (Å²) in [5, 5.41) is 12.7. The molecule has 2 aliphatic heterocycles. The van der Waals surface area contributed by atoms with Gasteiger partial charge in [-0.2, -0.15) is 0 Å². The number of rotatable bonds is 6. The van der Waals surface area contributed by atoms with Gasteiger partial charge in [0.2, 0.25) is 0 Å². The first-order valence-corrected chi connectivity index (χ1v) is 8.71. The average Bonchev–Trinajstić information content (AvgIpc) is 3.15. The van der Waals surface area contributed by atoms with Crippen LogP contribution in [0.4, 0.5) is 4.79 Å². The second kappa shape index (κ2) is 7.37. The number of likely N-dealkylation sites (tertiary alicyclic amines) is 2. The largest absolute Gasteiger partial charge is 0.497 e. The third-order valence-corrected chi connectivity index (χ3v) is 5.38. The molecular formula is C19H25N3O4. The minimum Gasteiger partial charge on any atom is -0.497 e. The van der Waals surface area contributed by atoms with Crippen LogP contribution in [0, 0.1) is 11.3 Å². The maximum atomic E-state index is 12.5. The van der Waals surface area contributed by atoms with Crippen LogP contribution in [0.2, 0.25) is 0 Å². The maximum Gasteiger partial charge on any atom is 0.317 e. The average molecular weight is 359 g/mol. The predicted octanol–water partition coefficient (Wildman–Crippen LogP) is 1.41. The molecule has 0 radical (unpaired) electrons. The molecule has 2 saturated heterocycles. The number of urea groups is 1. The summed E-state index contributed by atoms with van der Waals surface area (Å²) in [5.41, 5.74) is 0.0872. The number of amides is 2. The Labute approximate surface area is 153 Å². The van der Waals surface area contributed by atoms with E-state index in [9.17, 15) is 14.7 Å². The lowest BCUT2D eigenvalue weighted by molar-refractivity contribution is -0.148. The van der Waals surface area contributed by atoms with Crippen LogP contribution in [0.3, 0.4) is 0 Å². The molecular weight excluding hydrogens is 334 g/mol. The van der Waals surface area contributed by atoms with Crippen molar-refractivity contribution in [3.05, 3.63) is 42.5 Å². The summed E-state index contributed by atoms with van der Waals surface area (Å²) in [6.07, 6.45) is 1.79. The van der Waals surface area contributed by atoms with E-state index in [0.717, 1.165) is 11.3 Å². The van der Waals surface area contributed by atoms with Crippen LogP contribution in [-0.4, -0.2) is 66.7 Å². The first-order chi connectivity index (χ1) is 12.5. The molecule has 3 rings (SSSR count). The first kappa shape index (κ1) is 18.3. The Hall–Kier alpha value is -2.54. The Morgan fingerprint density at radius 2 is 2.08 bits per heavy atom. The summed E-state index contributed by atoms with van der Waals surface area (Å²) < 4.78 is 5.12. The van der Waals surface area contributed by atoms with Crippen LogP contribution in [-0.2, 0) is 11.3 Å². The van der Waals surface area contributed by atoms with Gasteiger partial charge in [-0.15, -0.1) is 6.58 Å². The number of fused-ring (bicyclic) bond motifs is 1. The normalized spacial score (nSPS) is 25.0. The summed E-state index contributed by atoms with van der Waals surface area (Å²) in [7, 11) is 1.61. The van der Waals surface area contributed by atoms with Crippen molar-refractivity contribution in [2.24, 2.45) is 11.3 Å². The fourth-order valence-corrected chi connectivity index (χ4v) is 3.98. The molecule has 2 atom stereocenters. The van der Waals surface area contributed by atoms with E-state index in [-0.39, 0.29) is 18.5 Å². The summed E-state index contributed by atoms with van der Waals surface area (Å²) in [6.45, 7) is 6.65. The van der Waals surface area contributed by atoms with Crippen molar-refractivity contribution < 1.29 is 19.4 Å². The second-order valence-corrected chi connectivity index (χ2v) is 7.03. The Morgan fingerprint density at radius 3 is 2.65 bits per heavy atom. The molecule has 1 aromatic carbocycles. The number of hydrogen-bond donors (Lipinski definition) is 2. The van der Waals surface area contributed by atoms with Gasteiger partial charge in [-0.05, 0) is 17.7 Å². The predicted molar refractivity (Wildman–Crippen MR) is 97.0 cm³/mol. The van der Waals surface area contributed by atoms with Crippen LogP contribution < -0.4 is 10.1 Å². The lowest BCUT2D eigenvalue weighted by Gasteiger charge is -2.25. The summed E-state index contributed by atoms with van der Waals surface area (Å²) in [5.74, 6) is -0.105. The molecule has 2 amide bonds. The van der Waals surface area contributed by atoms with Gasteiger partial charge in [0.05, 0.1) is 7.11 Å². The highest BCUT2D eigenvalue weighted by Gasteiger charge is 2.58. The van der Waals surface area contributed by atoms with Crippen molar-refractivity contribution in [1.82, 2.24) is 15.1 Å². The van der Waals surface area contributed by atoms with E-state index in [0.29, 0.717) is 32.7 Å². The second-order valence-electron chi connectivity index (χ2n) is 7.03. The number of hydrogen-bond acceptors (Lipinski definition) is 4. The number of nitrogens with zero attached hydrogens (tertiary/aromatic N) is 2. The third-order valence-electron chi connectivity index (χ3n) is 5.38. The molecule has 0 saturated carbocycles. The first-order valence-electron chi connectivity index (χ1n) is 8.71. The van der Waals surface area contributed by atoms with E-state index >= 15 is 0 Å². The Kier molecular flexibility index (Phi) is 5.18. The number of carbonyl (C=O) groups is 2. The molecule has 0 unspecified atom stereocenters. The molecule has 2 aliphatic rings. The molecule has 140 valence electrons. The molecule has 7 heteroatoms. The number of carboxylic acids is 1. The standard InChI is InChI=1S/C19H25N3O4/c1-3-8-21-10-15-11-22(13-19(15,12-21)17(23)24)18(25)20-9-14-4-6-16(26-2)7-5-14/h3-7,15H,1,8-13H2,2H3,(H,20,25)(H,23,24)/t15-,19-/m1/s1. The van der Waals surface area contributed by atoms with Crippen molar-refractivity contribution in [1.29, 1.82) is 0 Å². The molecule has 0 aliphatic carbocycles. The van der Waals surface area contributed by atoms with Gasteiger partial charge < -0.3 is 20.1 Å². The molecule has 7 nitrogen and oxygen atoms in total. The molecule has 0 spiro atoms. The number of carbonyl (C=O) groups excluding carboxylic acids is 1. The van der Waals surface area contributed by atoms with E-state index in [2.05, 4.69) is 16.8 Å². The fourth-order valence-electron chi connectivity index (χ4n) is 3.98. The van der Waals surface area contributed by atoms with Crippen LogP contribution in [0.25, 0.3) is 0 Å². The SMILES string of the molecule is C=CCN1C[C@@H]2CN(C(=O)NCc3ccc(OC)cc3)C[C@]2(C(=O)O)C1. The van der Waals surface area contributed by atoms with Gasteiger partial charge in [-0.1, -0.05) is 18.2 Å². The molecule has 0 bridgehead atoms. The highest BCUT2D eigenvalue weighted by molar-refractivity contribution is 5.81. The van der Waals surface area contributed by atoms with Crippen molar-refractivity contribution >= 4 is 12.0 Å². The van der Waals surface area contributed by atoms with E-state index in [4.69, 9.17) is 4.74 Å². The molecule has 2 heterocycles. The topological polar surface area (TPSA) is 82.1 Å². The molecule has 0 aromatic heterocycles. The lowest BCUT2D eigenvalue weighted by Crippen LogP contribution is -2.44. The van der Waals surface area contributed by atoms with E-state index in [1.165, 1.54) is 0 Å². The highest BCUT2D eigenvalue weighted by Crippen LogP contribution is 2.42. The van der Waals surface area contributed by atoms with Crippen LogP contribution >= 0.6 is 0 Å². The van der Waals surface area contributed by atoms with E-state index in [1.54, 1.807) is 18.1 Å². The number of benzene rings is 1. The quantitative estimate of drug-likeness (QED) is 0.751. The van der Waals surface area contributed by atoms with E-state index < -0.39 is 11.4 Å². The van der Waals surface area contributed by atoms with Crippen molar-refractivity contribution in [3.8, 4) is 5.75 Å². The Balaban J connectivity index is 1.59. The van der Waals surface area contributed by atoms with Crippen LogP contribution in [0.5, 0.6) is 5.75 Å². The minimum atomic E-state index is -0.875. The number of aliphatic carboxylic acids is 1. The van der Waals surface area contributed by atoms with Crippen LogP contribution in [0.1, 0.15) is 5.56 Å². The third kappa shape index (κ3) is 3.39. The zero-order valence-electron chi connectivity index (χ0n) is 15.0. The van der Waals surface area contributed by atoms with E-state index in [1.807, 2.05) is 24.3 Å². The number of carboxylic acid groups (broad SMARTS) is 1. The van der Waals surface area contributed by atoms with Gasteiger partial charge in [0.25, 0.3) is 0 Å². The number of methoxy groups -OCH3 is 1. The lowest BCUT2D eigenvalue weighted by atomic mass is 9.81. The van der Waals surface area contributed by atoms with Crippen molar-refractivity contribution in [2.75, 3.05) is 39.8 Å². The Bertz CT molecular complexity index is 691. The zero-order valence-corrected chi connectivity index (χ0v) is 15.0. The molecule has 2 N–H and O–H groups in total. The van der Waals surface area contributed by atoms with Crippen molar-refractivity contribution in [3.63, 3.8) is 0 Å². The monoisotopic (exact) mass is 359 g/mol. The summed E-state index contributed by atoms with van der Waals surface area (Å²) >= 11 is 0. The fraction of sp³-hybridized carbons (Fsp3) is 0.474. The smallest absolute Gasteiger partial charge is 0.317 e. The number of nitrogens with one attached hydrogen (secondary N) is 1. The van der Waals surface area contributed by atoms with Gasteiger partial charge in [0.15, 0.2) is 0 Å². The van der Waals surface area contributed by atoms with Gasteiger partial charge in [-0.3, -0.25) is 9.69 Å². The van der Waals surface area contributed by atoms with Gasteiger partial charge in [0.1, 0.15) is 11.2 Å². The van der Waals surface area contributed by atoms with Gasteiger partial charge >= 0.3 is 12.0 Å². The minimum absolute atomic E-state index is 0.0494. The Morgan fingerprint density at radius 1 is 1.35 bits per heavy atom. The number of ether oxygens (including phenoxy) is 1.